The molecular weight excluding hydrogens is 398 g/mol. The van der Waals surface area contributed by atoms with E-state index in [1.165, 1.54) is 24.5 Å². The number of aryl methyl sites for hydroxylation is 1. The van der Waals surface area contributed by atoms with Gasteiger partial charge >= 0.3 is 0 Å². The summed E-state index contributed by atoms with van der Waals surface area (Å²) in [5.74, 6) is -0.528. The number of nitrogen functional groups attached to an aromatic ring is 1. The van der Waals surface area contributed by atoms with Crippen molar-refractivity contribution in [1.29, 1.82) is 0 Å². The molecule has 0 radical (unpaired) electrons. The predicted molar refractivity (Wildman–Crippen MR) is 114 cm³/mol. The molecule has 3 heterocycles. The zero-order valence-corrected chi connectivity index (χ0v) is 16.4. The quantitative estimate of drug-likeness (QED) is 0.463. The number of pyridine rings is 1. The van der Waals surface area contributed by atoms with Crippen molar-refractivity contribution in [3.8, 4) is 33.6 Å². The molecule has 5 rings (SSSR count). The van der Waals surface area contributed by atoms with Crippen LogP contribution in [0.25, 0.3) is 39.3 Å². The van der Waals surface area contributed by atoms with Crippen LogP contribution in [0.2, 0.25) is 0 Å². The van der Waals surface area contributed by atoms with E-state index in [9.17, 15) is 8.78 Å². The highest BCUT2D eigenvalue weighted by molar-refractivity contribution is 5.91. The van der Waals surface area contributed by atoms with Crippen molar-refractivity contribution in [3.63, 3.8) is 0 Å². The largest absolute Gasteiger partial charge is 0.369 e. The Hall–Kier alpha value is -4.20. The molecule has 152 valence electrons. The summed E-state index contributed by atoms with van der Waals surface area (Å²) >= 11 is 0. The lowest BCUT2D eigenvalue weighted by Gasteiger charge is -2.14. The third kappa shape index (κ3) is 3.28. The van der Waals surface area contributed by atoms with Crippen LogP contribution in [0.1, 0.15) is 5.69 Å². The van der Waals surface area contributed by atoms with Gasteiger partial charge in [-0.3, -0.25) is 9.38 Å². The summed E-state index contributed by atoms with van der Waals surface area (Å²) in [6.07, 6.45) is 1.47. The number of fused-ring (bicyclic) bond motifs is 1. The highest BCUT2D eigenvalue weighted by Crippen LogP contribution is 2.36. The van der Waals surface area contributed by atoms with Crippen LogP contribution < -0.4 is 5.73 Å². The van der Waals surface area contributed by atoms with Crippen LogP contribution in [-0.2, 0) is 0 Å². The Balaban J connectivity index is 1.82. The number of anilines is 1. The minimum Gasteiger partial charge on any atom is -0.369 e. The summed E-state index contributed by atoms with van der Waals surface area (Å²) in [7, 11) is 0. The van der Waals surface area contributed by atoms with E-state index in [1.807, 2.05) is 13.0 Å². The lowest BCUT2D eigenvalue weighted by Crippen LogP contribution is -2.04. The summed E-state index contributed by atoms with van der Waals surface area (Å²) in [5.41, 5.74) is 10.7. The van der Waals surface area contributed by atoms with Gasteiger partial charge in [-0.1, -0.05) is 12.1 Å². The van der Waals surface area contributed by atoms with Crippen LogP contribution >= 0.6 is 0 Å². The second kappa shape index (κ2) is 7.24. The maximum absolute atomic E-state index is 14.4. The second-order valence-corrected chi connectivity index (χ2v) is 7.09. The normalized spacial score (nSPS) is 11.2. The van der Waals surface area contributed by atoms with E-state index in [2.05, 4.69) is 20.2 Å². The smallest absolute Gasteiger partial charge is 0.207 e. The molecule has 0 fully saturated rings. The van der Waals surface area contributed by atoms with E-state index in [0.29, 0.717) is 39.4 Å². The Labute approximate surface area is 176 Å². The Kier molecular flexibility index (Phi) is 4.39. The van der Waals surface area contributed by atoms with Gasteiger partial charge in [-0.25, -0.2) is 13.8 Å². The first-order valence-corrected chi connectivity index (χ1v) is 9.50. The van der Waals surface area contributed by atoms with Gasteiger partial charge in [-0.05, 0) is 61.0 Å². The van der Waals surface area contributed by atoms with Gasteiger partial charge in [-0.15, -0.1) is 10.2 Å². The second-order valence-electron chi connectivity index (χ2n) is 7.09. The number of halogens is 2. The summed E-state index contributed by atoms with van der Waals surface area (Å²) in [4.78, 5) is 9.06. The molecule has 0 aliphatic rings. The number of benzene rings is 2. The first kappa shape index (κ1) is 18.8. The number of hydrogen-bond acceptors (Lipinski definition) is 5. The third-order valence-corrected chi connectivity index (χ3v) is 4.99. The molecule has 0 saturated carbocycles. The maximum Gasteiger partial charge on any atom is 0.207 e. The molecular formula is C23H16F2N6. The lowest BCUT2D eigenvalue weighted by atomic mass is 9.98. The van der Waals surface area contributed by atoms with Crippen molar-refractivity contribution in [2.45, 2.75) is 6.92 Å². The topological polar surface area (TPSA) is 82.0 Å². The third-order valence-electron chi connectivity index (χ3n) is 4.99. The standard InChI is InChI=1S/C23H16F2N6/c1-13-10-15(11-19(28-13)17-4-2-3-5-18(17)25)20-21(14-6-8-16(24)9-7-14)29-23(26)31-12-27-30-22(20)31/h2-12H,1H3,(H2,26,29). The van der Waals surface area contributed by atoms with Crippen molar-refractivity contribution in [1.82, 2.24) is 24.6 Å². The van der Waals surface area contributed by atoms with Crippen molar-refractivity contribution in [2.24, 2.45) is 0 Å². The molecule has 8 heteroatoms. The molecule has 0 unspecified atom stereocenters. The van der Waals surface area contributed by atoms with E-state index < -0.39 is 0 Å². The monoisotopic (exact) mass is 414 g/mol. The summed E-state index contributed by atoms with van der Waals surface area (Å²) < 4.78 is 29.5. The van der Waals surface area contributed by atoms with Gasteiger partial charge in [0, 0.05) is 16.8 Å². The Morgan fingerprint density at radius 3 is 2.45 bits per heavy atom. The molecule has 2 N–H and O–H groups in total. The molecule has 5 aromatic rings. The molecule has 2 aromatic carbocycles. The molecule has 0 aliphatic carbocycles. The fourth-order valence-corrected chi connectivity index (χ4v) is 3.61. The zero-order valence-electron chi connectivity index (χ0n) is 16.4. The van der Waals surface area contributed by atoms with Crippen LogP contribution in [-0.4, -0.2) is 24.6 Å². The SMILES string of the molecule is Cc1cc(-c2c(-c3ccc(F)cc3)nc(N)n3cnnc23)cc(-c2ccccc2F)n1. The van der Waals surface area contributed by atoms with Gasteiger partial charge in [0.05, 0.1) is 17.0 Å². The van der Waals surface area contributed by atoms with Crippen molar-refractivity contribution >= 4 is 11.6 Å². The van der Waals surface area contributed by atoms with Crippen LogP contribution in [0.4, 0.5) is 14.7 Å². The van der Waals surface area contributed by atoms with Gasteiger partial charge in [0.25, 0.3) is 0 Å². The maximum atomic E-state index is 14.4. The average molecular weight is 414 g/mol. The molecule has 0 amide bonds. The summed E-state index contributed by atoms with van der Waals surface area (Å²) in [6, 6.07) is 16.1. The fraction of sp³-hybridized carbons (Fsp3) is 0.0435. The van der Waals surface area contributed by atoms with Crippen molar-refractivity contribution in [3.05, 3.63) is 84.3 Å². The van der Waals surface area contributed by atoms with E-state index in [4.69, 9.17) is 5.73 Å². The average Bonchev–Trinajstić information content (AvgIpc) is 3.24. The summed E-state index contributed by atoms with van der Waals surface area (Å²) in [6.45, 7) is 1.83. The van der Waals surface area contributed by atoms with Gasteiger partial charge in [0.2, 0.25) is 5.95 Å². The van der Waals surface area contributed by atoms with E-state index >= 15 is 0 Å². The molecule has 0 spiro atoms. The van der Waals surface area contributed by atoms with Gasteiger partial charge in [-0.2, -0.15) is 0 Å². The minimum absolute atomic E-state index is 0.197. The van der Waals surface area contributed by atoms with Crippen LogP contribution in [0.3, 0.4) is 0 Å². The number of nitrogens with zero attached hydrogens (tertiary/aromatic N) is 5. The lowest BCUT2D eigenvalue weighted by molar-refractivity contribution is 0.628. The summed E-state index contributed by atoms with van der Waals surface area (Å²) in [5, 5.41) is 8.21. The first-order chi connectivity index (χ1) is 15.0. The number of nitrogens with two attached hydrogens (primary N) is 1. The molecule has 6 nitrogen and oxygen atoms in total. The van der Waals surface area contributed by atoms with Crippen LogP contribution in [0.15, 0.2) is 67.0 Å². The highest BCUT2D eigenvalue weighted by Gasteiger charge is 2.20. The van der Waals surface area contributed by atoms with Gasteiger partial charge < -0.3 is 5.73 Å². The van der Waals surface area contributed by atoms with Gasteiger partial charge in [0.15, 0.2) is 5.65 Å². The number of aromatic nitrogens is 5. The molecule has 0 saturated heterocycles. The number of hydrogen-bond donors (Lipinski definition) is 1. The predicted octanol–water partition coefficient (Wildman–Crippen LogP) is 4.69. The first-order valence-electron chi connectivity index (χ1n) is 9.50. The Morgan fingerprint density at radius 2 is 1.68 bits per heavy atom. The van der Waals surface area contributed by atoms with E-state index in [0.717, 1.165) is 5.56 Å². The van der Waals surface area contributed by atoms with Gasteiger partial charge in [0.1, 0.15) is 18.0 Å². The molecule has 31 heavy (non-hydrogen) atoms. The molecule has 0 aliphatic heterocycles. The van der Waals surface area contributed by atoms with Crippen molar-refractivity contribution < 1.29 is 8.78 Å². The zero-order chi connectivity index (χ0) is 21.5. The van der Waals surface area contributed by atoms with Crippen molar-refractivity contribution in [2.75, 3.05) is 5.73 Å². The number of rotatable bonds is 3. The Morgan fingerprint density at radius 1 is 0.903 bits per heavy atom. The molecule has 3 aromatic heterocycles. The van der Waals surface area contributed by atoms with E-state index in [-0.39, 0.29) is 17.6 Å². The van der Waals surface area contributed by atoms with E-state index in [1.54, 1.807) is 40.8 Å². The fourth-order valence-electron chi connectivity index (χ4n) is 3.61. The minimum atomic E-state index is -0.367. The molecule has 0 atom stereocenters. The van der Waals surface area contributed by atoms with Crippen LogP contribution in [0.5, 0.6) is 0 Å². The van der Waals surface area contributed by atoms with Crippen LogP contribution in [0, 0.1) is 18.6 Å². The highest BCUT2D eigenvalue weighted by atomic mass is 19.1. The Bertz CT molecular complexity index is 1430. The molecule has 0 bridgehead atoms.